The van der Waals surface area contributed by atoms with Crippen LogP contribution in [-0.2, 0) is 0 Å². The van der Waals surface area contributed by atoms with Crippen molar-refractivity contribution in [2.45, 2.75) is 38.0 Å². The average Bonchev–Trinajstić information content (AvgIpc) is 2.80. The van der Waals surface area contributed by atoms with Gasteiger partial charge in [0.2, 0.25) is 0 Å². The third kappa shape index (κ3) is 2.49. The number of benzene rings is 1. The number of Topliss-reactive ketones (excluding diaryl/α,β-unsaturated/α-hetero) is 1. The Morgan fingerprint density at radius 2 is 2.17 bits per heavy atom. The normalized spacial score (nSPS) is 23.9. The summed E-state index contributed by atoms with van der Waals surface area (Å²) in [5, 5.41) is 3.32. The molecule has 1 aliphatic heterocycles. The molecular weight excluding hydrogens is 222 g/mol. The summed E-state index contributed by atoms with van der Waals surface area (Å²) in [4.78, 5) is 12.3. The summed E-state index contributed by atoms with van der Waals surface area (Å²) >= 11 is 0. The topological polar surface area (TPSA) is 29.1 Å². The lowest BCUT2D eigenvalue weighted by molar-refractivity contribution is 0.0964. The number of hydrogen-bond acceptors (Lipinski definition) is 2. The molecule has 1 aromatic rings. The van der Waals surface area contributed by atoms with Crippen LogP contribution in [0, 0.1) is 5.92 Å². The third-order valence-electron chi connectivity index (χ3n) is 4.42. The molecule has 0 amide bonds. The first kappa shape index (κ1) is 11.9. The Balaban J connectivity index is 1.68. The van der Waals surface area contributed by atoms with Gasteiger partial charge in [-0.05, 0) is 55.8 Å². The van der Waals surface area contributed by atoms with Gasteiger partial charge in [0, 0.05) is 12.0 Å². The molecule has 2 heteroatoms. The van der Waals surface area contributed by atoms with Gasteiger partial charge in [0.05, 0.1) is 0 Å². The molecule has 1 atom stereocenters. The molecule has 2 aliphatic rings. The molecule has 1 saturated heterocycles. The van der Waals surface area contributed by atoms with Crippen molar-refractivity contribution >= 4 is 5.78 Å². The van der Waals surface area contributed by atoms with Crippen molar-refractivity contribution < 1.29 is 4.79 Å². The first-order valence-electron chi connectivity index (χ1n) is 7.17. The largest absolute Gasteiger partial charge is 0.316 e. The molecular formula is C16H21NO. The molecule has 0 bridgehead atoms. The van der Waals surface area contributed by atoms with E-state index in [0.717, 1.165) is 25.1 Å². The highest BCUT2D eigenvalue weighted by Gasteiger charge is 2.22. The van der Waals surface area contributed by atoms with Gasteiger partial charge in [-0.3, -0.25) is 4.79 Å². The summed E-state index contributed by atoms with van der Waals surface area (Å²) in [5.41, 5.74) is 2.29. The molecule has 1 N–H and O–H groups in total. The van der Waals surface area contributed by atoms with E-state index in [1.54, 1.807) is 0 Å². The van der Waals surface area contributed by atoms with E-state index in [2.05, 4.69) is 17.4 Å². The summed E-state index contributed by atoms with van der Waals surface area (Å²) in [5.74, 6) is 1.58. The summed E-state index contributed by atoms with van der Waals surface area (Å²) < 4.78 is 0. The summed E-state index contributed by atoms with van der Waals surface area (Å²) in [7, 11) is 0. The van der Waals surface area contributed by atoms with Gasteiger partial charge in [0.1, 0.15) is 0 Å². The first-order valence-corrected chi connectivity index (χ1v) is 7.17. The minimum atomic E-state index is 0.324. The lowest BCUT2D eigenvalue weighted by Gasteiger charge is -2.26. The lowest BCUT2D eigenvalue weighted by atomic mass is 9.79. The molecule has 96 valence electrons. The maximum Gasteiger partial charge on any atom is 0.163 e. The van der Waals surface area contributed by atoms with Gasteiger partial charge in [0.15, 0.2) is 5.78 Å². The van der Waals surface area contributed by atoms with Crippen molar-refractivity contribution in [3.8, 4) is 0 Å². The van der Waals surface area contributed by atoms with Crippen LogP contribution >= 0.6 is 0 Å². The minimum Gasteiger partial charge on any atom is -0.316 e. The first-order chi connectivity index (χ1) is 8.83. The smallest absolute Gasteiger partial charge is 0.163 e. The van der Waals surface area contributed by atoms with Gasteiger partial charge in [-0.2, -0.15) is 0 Å². The van der Waals surface area contributed by atoms with Crippen molar-refractivity contribution in [1.82, 2.24) is 5.32 Å². The SMILES string of the molecule is O=C(CC1CCNC1)c1cccc(C2CCC2)c1. The second-order valence-corrected chi connectivity index (χ2v) is 5.74. The molecule has 2 fully saturated rings. The van der Waals surface area contributed by atoms with Crippen molar-refractivity contribution in [3.63, 3.8) is 0 Å². The van der Waals surface area contributed by atoms with E-state index in [1.165, 1.54) is 24.8 Å². The number of nitrogens with one attached hydrogen (secondary N) is 1. The Morgan fingerprint density at radius 1 is 1.28 bits per heavy atom. The van der Waals surface area contributed by atoms with Crippen molar-refractivity contribution in [2.24, 2.45) is 5.92 Å². The highest BCUT2D eigenvalue weighted by molar-refractivity contribution is 5.96. The van der Waals surface area contributed by atoms with E-state index in [-0.39, 0.29) is 0 Å². The summed E-state index contributed by atoms with van der Waals surface area (Å²) in [6.07, 6.45) is 5.79. The Hall–Kier alpha value is -1.15. The van der Waals surface area contributed by atoms with Crippen molar-refractivity contribution in [2.75, 3.05) is 13.1 Å². The van der Waals surface area contributed by atoms with E-state index < -0.39 is 0 Å². The van der Waals surface area contributed by atoms with E-state index in [0.29, 0.717) is 24.0 Å². The summed E-state index contributed by atoms with van der Waals surface area (Å²) in [6, 6.07) is 8.34. The van der Waals surface area contributed by atoms with Crippen molar-refractivity contribution in [3.05, 3.63) is 35.4 Å². The number of rotatable bonds is 4. The molecule has 0 aromatic heterocycles. The molecule has 1 aliphatic carbocycles. The monoisotopic (exact) mass is 243 g/mol. The molecule has 2 nitrogen and oxygen atoms in total. The molecule has 0 radical (unpaired) electrons. The average molecular weight is 243 g/mol. The maximum absolute atomic E-state index is 12.3. The fourth-order valence-corrected chi connectivity index (χ4v) is 2.98. The zero-order chi connectivity index (χ0) is 12.4. The minimum absolute atomic E-state index is 0.324. The van der Waals surface area contributed by atoms with E-state index in [9.17, 15) is 4.79 Å². The van der Waals surface area contributed by atoms with Gasteiger partial charge in [-0.15, -0.1) is 0 Å². The summed E-state index contributed by atoms with van der Waals surface area (Å²) in [6.45, 7) is 2.08. The second-order valence-electron chi connectivity index (χ2n) is 5.74. The Morgan fingerprint density at radius 3 is 2.83 bits per heavy atom. The Bertz CT molecular complexity index is 430. The highest BCUT2D eigenvalue weighted by atomic mass is 16.1. The molecule has 1 unspecified atom stereocenters. The van der Waals surface area contributed by atoms with Gasteiger partial charge in [-0.1, -0.05) is 24.6 Å². The third-order valence-corrected chi connectivity index (χ3v) is 4.42. The molecule has 18 heavy (non-hydrogen) atoms. The maximum atomic E-state index is 12.3. The highest BCUT2D eigenvalue weighted by Crippen LogP contribution is 2.36. The fourth-order valence-electron chi connectivity index (χ4n) is 2.98. The van der Waals surface area contributed by atoms with Crippen LogP contribution in [0.15, 0.2) is 24.3 Å². The fraction of sp³-hybridized carbons (Fsp3) is 0.562. The standard InChI is InChI=1S/C16H21NO/c18-16(9-12-7-8-17-11-12)15-6-2-5-14(10-15)13-3-1-4-13/h2,5-6,10,12-13,17H,1,3-4,7-9,11H2. The van der Waals surface area contributed by atoms with E-state index in [4.69, 9.17) is 0 Å². The second kappa shape index (κ2) is 5.23. The van der Waals surface area contributed by atoms with Crippen LogP contribution < -0.4 is 5.32 Å². The van der Waals surface area contributed by atoms with E-state index in [1.807, 2.05) is 12.1 Å². The number of ketones is 1. The quantitative estimate of drug-likeness (QED) is 0.823. The van der Waals surface area contributed by atoms with Crippen LogP contribution in [0.5, 0.6) is 0 Å². The number of hydrogen-bond donors (Lipinski definition) is 1. The molecule has 1 saturated carbocycles. The van der Waals surface area contributed by atoms with Crippen LogP contribution in [0.3, 0.4) is 0 Å². The Kier molecular flexibility index (Phi) is 3.46. The predicted octanol–water partition coefficient (Wildman–Crippen LogP) is 3.14. The van der Waals surface area contributed by atoms with Crippen molar-refractivity contribution in [1.29, 1.82) is 0 Å². The zero-order valence-electron chi connectivity index (χ0n) is 10.8. The van der Waals surface area contributed by atoms with Crippen LogP contribution in [0.25, 0.3) is 0 Å². The number of carbonyl (C=O) groups excluding carboxylic acids is 1. The van der Waals surface area contributed by atoms with E-state index >= 15 is 0 Å². The molecule has 1 aromatic carbocycles. The van der Waals surface area contributed by atoms with Crippen LogP contribution in [0.1, 0.15) is 53.9 Å². The molecule has 1 heterocycles. The Labute approximate surface area is 109 Å². The zero-order valence-corrected chi connectivity index (χ0v) is 10.8. The predicted molar refractivity (Wildman–Crippen MR) is 73.0 cm³/mol. The molecule has 3 rings (SSSR count). The van der Waals surface area contributed by atoms with Crippen LogP contribution in [0.2, 0.25) is 0 Å². The van der Waals surface area contributed by atoms with Gasteiger partial charge in [0.25, 0.3) is 0 Å². The van der Waals surface area contributed by atoms with Gasteiger partial charge < -0.3 is 5.32 Å². The van der Waals surface area contributed by atoms with Gasteiger partial charge in [-0.25, -0.2) is 0 Å². The number of carbonyl (C=O) groups is 1. The van der Waals surface area contributed by atoms with Crippen LogP contribution in [-0.4, -0.2) is 18.9 Å². The van der Waals surface area contributed by atoms with Crippen LogP contribution in [0.4, 0.5) is 0 Å². The lowest BCUT2D eigenvalue weighted by Crippen LogP contribution is -2.14. The van der Waals surface area contributed by atoms with Gasteiger partial charge >= 0.3 is 0 Å². The molecule has 0 spiro atoms.